The molecule has 2 aromatic carbocycles. The predicted octanol–water partition coefficient (Wildman–Crippen LogP) is 5.53. The van der Waals surface area contributed by atoms with Gasteiger partial charge in [0.2, 0.25) is 5.82 Å². The molecule has 0 atom stereocenters. The van der Waals surface area contributed by atoms with Crippen molar-refractivity contribution in [2.75, 3.05) is 0 Å². The molecule has 0 amide bonds. The van der Waals surface area contributed by atoms with E-state index in [9.17, 15) is 43.8 Å². The summed E-state index contributed by atoms with van der Waals surface area (Å²) < 4.78 is 141. The van der Waals surface area contributed by atoms with Crippen molar-refractivity contribution in [2.24, 2.45) is 0 Å². The van der Waals surface area contributed by atoms with Crippen LogP contribution in [0.3, 0.4) is 0 Å². The summed E-state index contributed by atoms with van der Waals surface area (Å²) in [6.45, 7) is 0. The Morgan fingerprint density at radius 3 is 1.89 bits per heavy atom. The Hall–Kier alpha value is -2.60. The summed E-state index contributed by atoms with van der Waals surface area (Å²) in [5.41, 5.74) is -6.53. The fraction of sp³-hybridized carbons (Fsp3) is 0.143. The molecule has 0 saturated carbocycles. The van der Waals surface area contributed by atoms with E-state index in [0.29, 0.717) is 0 Å². The van der Waals surface area contributed by atoms with Crippen molar-refractivity contribution in [3.8, 4) is 22.6 Å². The molecule has 1 aliphatic rings. The maximum absolute atomic E-state index is 14.2. The summed E-state index contributed by atoms with van der Waals surface area (Å²) in [7, 11) is -2.82. The molecule has 0 fully saturated rings. The highest BCUT2D eigenvalue weighted by molar-refractivity contribution is 6.39. The molecule has 0 radical (unpaired) electrons. The second-order valence-electron chi connectivity index (χ2n) is 5.24. The zero-order chi connectivity index (χ0) is 20.3. The van der Waals surface area contributed by atoms with Crippen molar-refractivity contribution >= 4 is 7.40 Å². The molecule has 144 valence electrons. The van der Waals surface area contributed by atoms with Gasteiger partial charge in [-0.15, -0.1) is 0 Å². The van der Waals surface area contributed by atoms with Crippen LogP contribution in [-0.4, -0.2) is 7.40 Å². The standard InChI is InChI=1S/C14H3BF10O2/c16-8-7(11-12(10(18)9(8)17)27-15(25)26-11)5-3-4(13(19,20)21)1-2-6(5)14(22,23)24/h1-3H. The van der Waals surface area contributed by atoms with Gasteiger partial charge in [0.05, 0.1) is 16.7 Å². The van der Waals surface area contributed by atoms with E-state index in [2.05, 4.69) is 9.31 Å². The van der Waals surface area contributed by atoms with Crippen LogP contribution >= 0.6 is 0 Å². The van der Waals surface area contributed by atoms with Crippen LogP contribution in [-0.2, 0) is 12.4 Å². The summed E-state index contributed by atoms with van der Waals surface area (Å²) in [5, 5.41) is 0. The van der Waals surface area contributed by atoms with Gasteiger partial charge in [0.25, 0.3) is 0 Å². The minimum atomic E-state index is -5.31. The van der Waals surface area contributed by atoms with Crippen LogP contribution in [0.1, 0.15) is 11.1 Å². The molecule has 27 heavy (non-hydrogen) atoms. The van der Waals surface area contributed by atoms with E-state index >= 15 is 0 Å². The Bertz CT molecular complexity index is 922. The molecule has 0 unspecified atom stereocenters. The van der Waals surface area contributed by atoms with Crippen molar-refractivity contribution < 1.29 is 53.1 Å². The van der Waals surface area contributed by atoms with Gasteiger partial charge >= 0.3 is 19.7 Å². The second-order valence-corrected chi connectivity index (χ2v) is 5.24. The molecule has 0 aromatic heterocycles. The Labute approximate surface area is 143 Å². The van der Waals surface area contributed by atoms with Crippen molar-refractivity contribution in [3.05, 3.63) is 46.8 Å². The van der Waals surface area contributed by atoms with E-state index in [1.165, 1.54) is 0 Å². The van der Waals surface area contributed by atoms with Crippen LogP contribution < -0.4 is 9.31 Å². The first-order valence-electron chi connectivity index (χ1n) is 6.79. The third kappa shape index (κ3) is 3.14. The predicted molar refractivity (Wildman–Crippen MR) is 69.9 cm³/mol. The van der Waals surface area contributed by atoms with Gasteiger partial charge in [0.1, 0.15) is 0 Å². The van der Waals surface area contributed by atoms with Crippen LogP contribution in [0.2, 0.25) is 0 Å². The van der Waals surface area contributed by atoms with Crippen LogP contribution in [0.25, 0.3) is 11.1 Å². The SMILES string of the molecule is FB1Oc2c(F)c(F)c(F)c(-c3cc(C(F)(F)F)ccc3C(F)(F)F)c2O1. The maximum Gasteiger partial charge on any atom is 0.830 e. The summed E-state index contributed by atoms with van der Waals surface area (Å²) >= 11 is 0. The highest BCUT2D eigenvalue weighted by atomic mass is 19.4. The van der Waals surface area contributed by atoms with Gasteiger partial charge in [0, 0.05) is 5.56 Å². The van der Waals surface area contributed by atoms with Gasteiger partial charge < -0.3 is 9.31 Å². The van der Waals surface area contributed by atoms with Gasteiger partial charge in [-0.3, -0.25) is 0 Å². The Kier molecular flexibility index (Phi) is 4.23. The number of hydrogen-bond acceptors (Lipinski definition) is 2. The van der Waals surface area contributed by atoms with E-state index in [1.54, 1.807) is 0 Å². The molecule has 0 bridgehead atoms. The molecule has 0 saturated heterocycles. The van der Waals surface area contributed by atoms with Gasteiger partial charge in [-0.25, -0.2) is 13.1 Å². The minimum absolute atomic E-state index is 0.0199. The molecule has 0 aliphatic carbocycles. The largest absolute Gasteiger partial charge is 0.830 e. The number of halogens is 10. The Balaban J connectivity index is 2.41. The van der Waals surface area contributed by atoms with Gasteiger partial charge in [0.15, 0.2) is 23.1 Å². The second kappa shape index (κ2) is 5.96. The molecule has 0 spiro atoms. The normalized spacial score (nSPS) is 14.1. The number of hydrogen-bond donors (Lipinski definition) is 0. The van der Waals surface area contributed by atoms with Crippen LogP contribution in [0.4, 0.5) is 43.8 Å². The van der Waals surface area contributed by atoms with Crippen LogP contribution in [0, 0.1) is 17.5 Å². The number of rotatable bonds is 1. The first-order valence-corrected chi connectivity index (χ1v) is 6.79. The lowest BCUT2D eigenvalue weighted by atomic mass is 9.94. The zero-order valence-corrected chi connectivity index (χ0v) is 12.4. The summed E-state index contributed by atoms with van der Waals surface area (Å²) in [6, 6.07) is -0.0819. The average molecular weight is 404 g/mol. The molecule has 3 rings (SSSR count). The van der Waals surface area contributed by atoms with Crippen LogP contribution in [0.15, 0.2) is 18.2 Å². The number of alkyl halides is 6. The van der Waals surface area contributed by atoms with Gasteiger partial charge in [-0.1, -0.05) is 0 Å². The lowest BCUT2D eigenvalue weighted by Crippen LogP contribution is -2.17. The Morgan fingerprint density at radius 1 is 0.741 bits per heavy atom. The Morgan fingerprint density at radius 2 is 1.33 bits per heavy atom. The van der Waals surface area contributed by atoms with E-state index in [1.807, 2.05) is 0 Å². The van der Waals surface area contributed by atoms with E-state index < -0.39 is 71.0 Å². The number of fused-ring (bicyclic) bond motifs is 1. The molecule has 2 nitrogen and oxygen atoms in total. The van der Waals surface area contributed by atoms with Gasteiger partial charge in [-0.2, -0.15) is 30.7 Å². The smallest absolute Gasteiger partial charge is 0.494 e. The molecule has 1 aliphatic heterocycles. The summed E-state index contributed by atoms with van der Waals surface area (Å²) in [5.74, 6) is -9.50. The zero-order valence-electron chi connectivity index (χ0n) is 12.4. The van der Waals surface area contributed by atoms with Crippen molar-refractivity contribution in [1.82, 2.24) is 0 Å². The average Bonchev–Trinajstić information content (AvgIpc) is 2.92. The van der Waals surface area contributed by atoms with E-state index in [4.69, 9.17) is 0 Å². The van der Waals surface area contributed by atoms with Gasteiger partial charge in [-0.05, 0) is 18.2 Å². The summed E-state index contributed by atoms with van der Waals surface area (Å²) in [6.07, 6.45) is -10.4. The fourth-order valence-electron chi connectivity index (χ4n) is 2.46. The van der Waals surface area contributed by atoms with Crippen molar-refractivity contribution in [1.29, 1.82) is 0 Å². The van der Waals surface area contributed by atoms with Crippen molar-refractivity contribution in [3.63, 3.8) is 0 Å². The lowest BCUT2D eigenvalue weighted by molar-refractivity contribution is -0.141. The maximum atomic E-state index is 14.2. The first kappa shape index (κ1) is 19.2. The fourth-order valence-corrected chi connectivity index (χ4v) is 2.46. The third-order valence-corrected chi connectivity index (χ3v) is 3.58. The first-order chi connectivity index (χ1) is 12.3. The molecule has 1 heterocycles. The number of benzene rings is 2. The highest BCUT2D eigenvalue weighted by Gasteiger charge is 2.44. The molecule has 2 aromatic rings. The van der Waals surface area contributed by atoms with E-state index in [0.717, 1.165) is 0 Å². The molecule has 13 heteroatoms. The minimum Gasteiger partial charge on any atom is -0.494 e. The quantitative estimate of drug-likeness (QED) is 0.354. The highest BCUT2D eigenvalue weighted by Crippen LogP contribution is 2.50. The molecular weight excluding hydrogens is 401 g/mol. The summed E-state index contributed by atoms with van der Waals surface area (Å²) in [4.78, 5) is 0. The monoisotopic (exact) mass is 404 g/mol. The third-order valence-electron chi connectivity index (χ3n) is 3.58. The topological polar surface area (TPSA) is 18.5 Å². The van der Waals surface area contributed by atoms with E-state index in [-0.39, 0.29) is 18.2 Å². The molecular formula is C14H3BF10O2. The van der Waals surface area contributed by atoms with Crippen LogP contribution in [0.5, 0.6) is 11.5 Å². The molecule has 0 N–H and O–H groups in total. The van der Waals surface area contributed by atoms with Crippen molar-refractivity contribution in [2.45, 2.75) is 12.4 Å². The lowest BCUT2D eigenvalue weighted by Gasteiger charge is -2.18.